The molecule has 32 heavy (non-hydrogen) atoms. The third-order valence-corrected chi connectivity index (χ3v) is 5.32. The molecule has 5 nitrogen and oxygen atoms in total. The zero-order chi connectivity index (χ0) is 23.1. The number of rotatable bonds is 8. The van der Waals surface area contributed by atoms with E-state index >= 15 is 0 Å². The molecule has 0 saturated heterocycles. The summed E-state index contributed by atoms with van der Waals surface area (Å²) >= 11 is 5.95. The zero-order valence-corrected chi connectivity index (χ0v) is 18.7. The number of hydrogen-bond donors (Lipinski definition) is 1. The van der Waals surface area contributed by atoms with Crippen LogP contribution in [0, 0.1) is 13.8 Å². The van der Waals surface area contributed by atoms with Crippen molar-refractivity contribution in [2.45, 2.75) is 32.8 Å². The standard InChI is InChI=1S/C26H24ClNO4/c1-17-8-13-22(16-18(17)2)28-23(29)14-15-24(30)32-26(20-9-11-21(27)12-10-20)25(31)19-6-4-3-5-7-19/h3-13,16,26H,14-15H2,1-2H3,(H,28,29)/t26-/m0/s1. The number of halogens is 1. The average Bonchev–Trinajstić information content (AvgIpc) is 2.79. The fraction of sp³-hybridized carbons (Fsp3) is 0.192. The average molecular weight is 450 g/mol. The smallest absolute Gasteiger partial charge is 0.307 e. The van der Waals surface area contributed by atoms with Gasteiger partial charge in [0, 0.05) is 28.3 Å². The van der Waals surface area contributed by atoms with E-state index in [-0.39, 0.29) is 24.5 Å². The van der Waals surface area contributed by atoms with E-state index in [4.69, 9.17) is 16.3 Å². The van der Waals surface area contributed by atoms with Gasteiger partial charge in [0.05, 0.1) is 6.42 Å². The van der Waals surface area contributed by atoms with Gasteiger partial charge in [0.1, 0.15) is 0 Å². The Morgan fingerprint density at radius 3 is 2.22 bits per heavy atom. The van der Waals surface area contributed by atoms with Crippen LogP contribution < -0.4 is 5.32 Å². The molecular formula is C26H24ClNO4. The molecular weight excluding hydrogens is 426 g/mol. The zero-order valence-electron chi connectivity index (χ0n) is 17.9. The highest BCUT2D eigenvalue weighted by atomic mass is 35.5. The SMILES string of the molecule is Cc1ccc(NC(=O)CCC(=O)O[C@H](C(=O)c2ccccc2)c2ccc(Cl)cc2)cc1C. The van der Waals surface area contributed by atoms with Crippen LogP contribution in [0.15, 0.2) is 72.8 Å². The summed E-state index contributed by atoms with van der Waals surface area (Å²) in [6.07, 6.45) is -1.33. The summed E-state index contributed by atoms with van der Waals surface area (Å²) in [5.41, 5.74) is 3.80. The van der Waals surface area contributed by atoms with Crippen LogP contribution in [0.25, 0.3) is 0 Å². The van der Waals surface area contributed by atoms with E-state index in [9.17, 15) is 14.4 Å². The minimum Gasteiger partial charge on any atom is -0.449 e. The second kappa shape index (κ2) is 10.7. The number of ether oxygens (including phenoxy) is 1. The maximum absolute atomic E-state index is 13.0. The summed E-state index contributed by atoms with van der Waals surface area (Å²) in [6.45, 7) is 3.95. The van der Waals surface area contributed by atoms with Gasteiger partial charge in [0.25, 0.3) is 0 Å². The maximum Gasteiger partial charge on any atom is 0.307 e. The molecule has 1 amide bonds. The Kier molecular flexibility index (Phi) is 7.79. The van der Waals surface area contributed by atoms with Gasteiger partial charge in [-0.3, -0.25) is 14.4 Å². The normalized spacial score (nSPS) is 11.5. The van der Waals surface area contributed by atoms with Gasteiger partial charge in [0.2, 0.25) is 11.7 Å². The van der Waals surface area contributed by atoms with Crippen LogP contribution in [0.1, 0.15) is 46.0 Å². The molecule has 3 rings (SSSR count). The predicted molar refractivity (Wildman–Crippen MR) is 125 cm³/mol. The Morgan fingerprint density at radius 2 is 1.56 bits per heavy atom. The summed E-state index contributed by atoms with van der Waals surface area (Å²) in [4.78, 5) is 37.8. The van der Waals surface area contributed by atoms with Crippen LogP contribution in [-0.2, 0) is 14.3 Å². The third-order valence-electron chi connectivity index (χ3n) is 5.07. The van der Waals surface area contributed by atoms with Crippen molar-refractivity contribution in [1.82, 2.24) is 0 Å². The molecule has 0 aliphatic rings. The molecule has 0 aromatic heterocycles. The largest absolute Gasteiger partial charge is 0.449 e. The van der Waals surface area contributed by atoms with Gasteiger partial charge >= 0.3 is 5.97 Å². The van der Waals surface area contributed by atoms with Gasteiger partial charge in [-0.15, -0.1) is 0 Å². The summed E-state index contributed by atoms with van der Waals surface area (Å²) in [5, 5.41) is 3.29. The molecule has 0 spiro atoms. The minimum absolute atomic E-state index is 0.0569. The first kappa shape index (κ1) is 23.2. The highest BCUT2D eigenvalue weighted by Crippen LogP contribution is 2.25. The first-order valence-corrected chi connectivity index (χ1v) is 10.6. The number of aryl methyl sites for hydroxylation is 2. The van der Waals surface area contributed by atoms with Gasteiger partial charge in [-0.05, 0) is 49.2 Å². The van der Waals surface area contributed by atoms with E-state index in [1.54, 1.807) is 54.6 Å². The molecule has 0 heterocycles. The van der Waals surface area contributed by atoms with Crippen molar-refractivity contribution in [3.8, 4) is 0 Å². The fourth-order valence-corrected chi connectivity index (χ4v) is 3.24. The number of carbonyl (C=O) groups excluding carboxylic acids is 3. The van der Waals surface area contributed by atoms with Gasteiger partial charge in [-0.25, -0.2) is 0 Å². The second-order valence-electron chi connectivity index (χ2n) is 7.50. The van der Waals surface area contributed by atoms with Gasteiger partial charge in [0.15, 0.2) is 6.10 Å². The number of hydrogen-bond acceptors (Lipinski definition) is 4. The van der Waals surface area contributed by atoms with E-state index < -0.39 is 12.1 Å². The maximum atomic E-state index is 13.0. The number of Topliss-reactive ketones (excluding diaryl/α,β-unsaturated/α-hetero) is 1. The molecule has 164 valence electrons. The Balaban J connectivity index is 1.65. The summed E-state index contributed by atoms with van der Waals surface area (Å²) < 4.78 is 5.52. The van der Waals surface area contributed by atoms with Crippen LogP contribution in [0.3, 0.4) is 0 Å². The van der Waals surface area contributed by atoms with Crippen LogP contribution >= 0.6 is 11.6 Å². The summed E-state index contributed by atoms with van der Waals surface area (Å²) in [7, 11) is 0. The number of ketones is 1. The molecule has 0 aliphatic heterocycles. The Morgan fingerprint density at radius 1 is 0.875 bits per heavy atom. The molecule has 0 radical (unpaired) electrons. The molecule has 0 fully saturated rings. The second-order valence-corrected chi connectivity index (χ2v) is 7.94. The molecule has 3 aromatic carbocycles. The minimum atomic E-state index is -1.12. The van der Waals surface area contributed by atoms with E-state index in [0.29, 0.717) is 21.8 Å². The molecule has 1 N–H and O–H groups in total. The molecule has 6 heteroatoms. The van der Waals surface area contributed by atoms with Gasteiger partial charge in [-0.2, -0.15) is 0 Å². The molecule has 0 saturated carbocycles. The van der Waals surface area contributed by atoms with Crippen molar-refractivity contribution in [2.75, 3.05) is 5.32 Å². The van der Waals surface area contributed by atoms with Crippen molar-refractivity contribution in [3.05, 3.63) is 100 Å². The number of benzene rings is 3. The molecule has 3 aromatic rings. The van der Waals surface area contributed by atoms with Gasteiger partial charge < -0.3 is 10.1 Å². The van der Waals surface area contributed by atoms with E-state index in [1.807, 2.05) is 32.0 Å². The van der Waals surface area contributed by atoms with Crippen LogP contribution in [0.2, 0.25) is 5.02 Å². The van der Waals surface area contributed by atoms with Crippen LogP contribution in [0.5, 0.6) is 0 Å². The van der Waals surface area contributed by atoms with Crippen molar-refractivity contribution in [3.63, 3.8) is 0 Å². The first-order chi connectivity index (χ1) is 15.3. The number of amides is 1. The number of carbonyl (C=O) groups is 3. The van der Waals surface area contributed by atoms with E-state index in [0.717, 1.165) is 11.1 Å². The van der Waals surface area contributed by atoms with Crippen molar-refractivity contribution in [2.24, 2.45) is 0 Å². The lowest BCUT2D eigenvalue weighted by atomic mass is 10.00. The molecule has 1 atom stereocenters. The topological polar surface area (TPSA) is 72.5 Å². The molecule has 0 unspecified atom stereocenters. The number of anilines is 1. The lowest BCUT2D eigenvalue weighted by molar-refractivity contribution is -0.148. The van der Waals surface area contributed by atoms with Crippen LogP contribution in [0.4, 0.5) is 5.69 Å². The van der Waals surface area contributed by atoms with Gasteiger partial charge in [-0.1, -0.05) is 60.1 Å². The fourth-order valence-electron chi connectivity index (χ4n) is 3.11. The number of esters is 1. The van der Waals surface area contributed by atoms with E-state index in [1.165, 1.54) is 0 Å². The summed E-state index contributed by atoms with van der Waals surface area (Å²) in [5.74, 6) is -1.28. The Bertz CT molecular complexity index is 1110. The van der Waals surface area contributed by atoms with Crippen molar-refractivity contribution in [1.29, 1.82) is 0 Å². The molecule has 0 aliphatic carbocycles. The quantitative estimate of drug-likeness (QED) is 0.346. The number of nitrogens with one attached hydrogen (secondary N) is 1. The lowest BCUT2D eigenvalue weighted by Crippen LogP contribution is -2.21. The summed E-state index contributed by atoms with van der Waals surface area (Å²) in [6, 6.07) is 20.8. The highest BCUT2D eigenvalue weighted by molar-refractivity contribution is 6.30. The Labute approximate surface area is 192 Å². The third kappa shape index (κ3) is 6.28. The molecule has 0 bridgehead atoms. The predicted octanol–water partition coefficient (Wildman–Crippen LogP) is 5.84. The first-order valence-electron chi connectivity index (χ1n) is 10.2. The lowest BCUT2D eigenvalue weighted by Gasteiger charge is -2.17. The van der Waals surface area contributed by atoms with E-state index in [2.05, 4.69) is 5.32 Å². The van der Waals surface area contributed by atoms with Crippen molar-refractivity contribution >= 4 is 34.9 Å². The van der Waals surface area contributed by atoms with Crippen LogP contribution in [-0.4, -0.2) is 17.7 Å². The monoisotopic (exact) mass is 449 g/mol. The Hall–Kier alpha value is -3.44. The van der Waals surface area contributed by atoms with Crippen molar-refractivity contribution < 1.29 is 19.1 Å². The highest BCUT2D eigenvalue weighted by Gasteiger charge is 2.26.